The van der Waals surface area contributed by atoms with Gasteiger partial charge in [0.15, 0.2) is 0 Å². The summed E-state index contributed by atoms with van der Waals surface area (Å²) in [6.07, 6.45) is 5.72. The lowest BCUT2D eigenvalue weighted by Crippen LogP contribution is -2.39. The van der Waals surface area contributed by atoms with Crippen molar-refractivity contribution in [3.63, 3.8) is 0 Å². The fourth-order valence-corrected chi connectivity index (χ4v) is 1.92. The van der Waals surface area contributed by atoms with E-state index in [0.717, 1.165) is 38.5 Å². The molecule has 13 heavy (non-hydrogen) atoms. The highest BCUT2D eigenvalue weighted by molar-refractivity contribution is 5.86. The number of nitrogens with one attached hydrogen (secondary N) is 1. The van der Waals surface area contributed by atoms with Crippen LogP contribution in [0.3, 0.4) is 0 Å². The Labute approximate surface area is 78.1 Å². The molecule has 3 nitrogen and oxygen atoms in total. The highest BCUT2D eigenvalue weighted by Crippen LogP contribution is 2.38. The minimum Gasteiger partial charge on any atom is -0.352 e. The van der Waals surface area contributed by atoms with Crippen molar-refractivity contribution in [2.45, 2.75) is 44.6 Å². The molecule has 2 saturated carbocycles. The van der Waals surface area contributed by atoms with Gasteiger partial charge in [-0.25, -0.2) is 0 Å². The Morgan fingerprint density at radius 2 is 2.00 bits per heavy atom. The van der Waals surface area contributed by atoms with Crippen LogP contribution in [0.4, 0.5) is 0 Å². The second-order valence-corrected chi connectivity index (χ2v) is 4.15. The molecule has 2 aliphatic carbocycles. The van der Waals surface area contributed by atoms with Crippen molar-refractivity contribution >= 4 is 5.91 Å². The maximum Gasteiger partial charge on any atom is 0.240 e. The summed E-state index contributed by atoms with van der Waals surface area (Å²) in [6.45, 7) is 0. The van der Waals surface area contributed by atoms with E-state index in [2.05, 4.69) is 11.4 Å². The first-order chi connectivity index (χ1) is 6.27. The fraction of sp³-hybridized carbons (Fsp3) is 0.800. The maximum absolute atomic E-state index is 11.7. The van der Waals surface area contributed by atoms with Gasteiger partial charge in [-0.2, -0.15) is 5.26 Å². The summed E-state index contributed by atoms with van der Waals surface area (Å²) in [4.78, 5) is 11.7. The molecule has 70 valence electrons. The molecule has 2 fully saturated rings. The number of amides is 1. The summed E-state index contributed by atoms with van der Waals surface area (Å²) < 4.78 is 0. The third kappa shape index (κ3) is 1.53. The molecule has 0 unspecified atom stereocenters. The largest absolute Gasteiger partial charge is 0.352 e. The summed E-state index contributed by atoms with van der Waals surface area (Å²) in [7, 11) is 0. The number of hydrogen-bond donors (Lipinski definition) is 1. The van der Waals surface area contributed by atoms with Gasteiger partial charge in [0.05, 0.1) is 6.07 Å². The Hall–Kier alpha value is -1.04. The van der Waals surface area contributed by atoms with E-state index in [9.17, 15) is 4.79 Å². The van der Waals surface area contributed by atoms with Crippen LogP contribution in [0.2, 0.25) is 0 Å². The van der Waals surface area contributed by atoms with E-state index < -0.39 is 5.41 Å². The number of carbonyl (C=O) groups excluding carboxylic acids is 1. The second kappa shape index (κ2) is 3.02. The molecule has 2 rings (SSSR count). The highest BCUT2D eigenvalue weighted by atomic mass is 16.2. The van der Waals surface area contributed by atoms with Crippen LogP contribution < -0.4 is 5.32 Å². The van der Waals surface area contributed by atoms with E-state index in [-0.39, 0.29) is 5.91 Å². The summed E-state index contributed by atoms with van der Waals surface area (Å²) >= 11 is 0. The molecule has 0 radical (unpaired) electrons. The third-order valence-electron chi connectivity index (χ3n) is 3.02. The molecule has 0 aliphatic heterocycles. The Balaban J connectivity index is 2.02. The molecule has 0 saturated heterocycles. The van der Waals surface area contributed by atoms with Gasteiger partial charge in [0.2, 0.25) is 5.91 Å². The lowest BCUT2D eigenvalue weighted by molar-refractivity contribution is -0.128. The highest BCUT2D eigenvalue weighted by Gasteiger charge is 2.43. The van der Waals surface area contributed by atoms with Gasteiger partial charge in [0.25, 0.3) is 0 Å². The first kappa shape index (κ1) is 8.55. The molecular formula is C10H14N2O. The van der Waals surface area contributed by atoms with E-state index in [4.69, 9.17) is 5.26 Å². The van der Waals surface area contributed by atoms with E-state index >= 15 is 0 Å². The predicted molar refractivity (Wildman–Crippen MR) is 47.7 cm³/mol. The van der Waals surface area contributed by atoms with Crippen molar-refractivity contribution in [2.24, 2.45) is 5.41 Å². The molecule has 0 heterocycles. The van der Waals surface area contributed by atoms with Crippen LogP contribution in [0, 0.1) is 16.7 Å². The molecule has 0 aromatic heterocycles. The van der Waals surface area contributed by atoms with Crippen LogP contribution in [-0.2, 0) is 4.79 Å². The Kier molecular flexibility index (Phi) is 1.99. The van der Waals surface area contributed by atoms with Crippen molar-refractivity contribution in [2.75, 3.05) is 0 Å². The zero-order valence-electron chi connectivity index (χ0n) is 7.68. The Morgan fingerprint density at radius 3 is 2.46 bits per heavy atom. The number of rotatable bonds is 2. The zero-order valence-corrected chi connectivity index (χ0v) is 7.68. The van der Waals surface area contributed by atoms with E-state index in [1.165, 1.54) is 0 Å². The topological polar surface area (TPSA) is 52.9 Å². The second-order valence-electron chi connectivity index (χ2n) is 4.15. The molecular weight excluding hydrogens is 164 g/mol. The van der Waals surface area contributed by atoms with Gasteiger partial charge in [0.1, 0.15) is 5.41 Å². The monoisotopic (exact) mass is 178 g/mol. The average Bonchev–Trinajstić information content (AvgIpc) is 2.83. The number of nitriles is 1. The number of hydrogen-bond acceptors (Lipinski definition) is 2. The van der Waals surface area contributed by atoms with Crippen molar-refractivity contribution in [1.29, 1.82) is 5.26 Å². The third-order valence-corrected chi connectivity index (χ3v) is 3.02. The minimum atomic E-state index is -0.678. The number of carbonyl (C=O) groups is 1. The Bertz CT molecular complexity index is 257. The molecule has 1 amide bonds. The van der Waals surface area contributed by atoms with Gasteiger partial charge in [-0.3, -0.25) is 4.79 Å². The van der Waals surface area contributed by atoms with Crippen molar-refractivity contribution in [3.8, 4) is 6.07 Å². The SMILES string of the molecule is N#CC1(C(=O)NC2CC2)CCCC1. The standard InChI is InChI=1S/C10H14N2O/c11-7-10(5-1-2-6-10)9(13)12-8-3-4-8/h8H,1-6H2,(H,12,13). The molecule has 0 aromatic carbocycles. The van der Waals surface area contributed by atoms with Crippen LogP contribution in [0.25, 0.3) is 0 Å². The van der Waals surface area contributed by atoms with E-state index in [1.54, 1.807) is 0 Å². The van der Waals surface area contributed by atoms with Crippen molar-refractivity contribution in [1.82, 2.24) is 5.32 Å². The van der Waals surface area contributed by atoms with Gasteiger partial charge in [0, 0.05) is 6.04 Å². The molecule has 0 atom stereocenters. The van der Waals surface area contributed by atoms with Crippen LogP contribution in [0.1, 0.15) is 38.5 Å². The maximum atomic E-state index is 11.7. The lowest BCUT2D eigenvalue weighted by atomic mass is 9.87. The minimum absolute atomic E-state index is 0.0185. The fourth-order valence-electron chi connectivity index (χ4n) is 1.92. The molecule has 0 bridgehead atoms. The quantitative estimate of drug-likeness (QED) is 0.694. The molecule has 1 N–H and O–H groups in total. The summed E-state index contributed by atoms with van der Waals surface area (Å²) in [5, 5.41) is 11.9. The van der Waals surface area contributed by atoms with Crippen molar-refractivity contribution < 1.29 is 4.79 Å². The first-order valence-electron chi connectivity index (χ1n) is 4.99. The van der Waals surface area contributed by atoms with Gasteiger partial charge in [-0.1, -0.05) is 12.8 Å². The van der Waals surface area contributed by atoms with Gasteiger partial charge < -0.3 is 5.32 Å². The van der Waals surface area contributed by atoms with Gasteiger partial charge in [-0.15, -0.1) is 0 Å². The number of nitrogens with zero attached hydrogens (tertiary/aromatic N) is 1. The molecule has 0 aromatic rings. The summed E-state index contributed by atoms with van der Waals surface area (Å²) in [5.41, 5.74) is -0.678. The summed E-state index contributed by atoms with van der Waals surface area (Å²) in [5.74, 6) is -0.0185. The Morgan fingerprint density at radius 1 is 1.38 bits per heavy atom. The van der Waals surface area contributed by atoms with Crippen molar-refractivity contribution in [3.05, 3.63) is 0 Å². The van der Waals surface area contributed by atoms with Crippen LogP contribution >= 0.6 is 0 Å². The van der Waals surface area contributed by atoms with Crippen LogP contribution in [0.15, 0.2) is 0 Å². The van der Waals surface area contributed by atoms with Crippen LogP contribution in [0.5, 0.6) is 0 Å². The average molecular weight is 178 g/mol. The summed E-state index contributed by atoms with van der Waals surface area (Å²) in [6, 6.07) is 2.57. The molecule has 0 spiro atoms. The van der Waals surface area contributed by atoms with Gasteiger partial charge in [-0.05, 0) is 25.7 Å². The predicted octanol–water partition coefficient (Wildman–Crippen LogP) is 1.35. The normalized spacial score (nSPS) is 25.2. The lowest BCUT2D eigenvalue weighted by Gasteiger charge is -2.18. The first-order valence-corrected chi connectivity index (χ1v) is 4.99. The molecule has 3 heteroatoms. The zero-order chi connectivity index (χ0) is 9.31. The smallest absolute Gasteiger partial charge is 0.240 e. The van der Waals surface area contributed by atoms with E-state index in [1.807, 2.05) is 0 Å². The van der Waals surface area contributed by atoms with Gasteiger partial charge >= 0.3 is 0 Å². The molecule has 2 aliphatic rings. The van der Waals surface area contributed by atoms with E-state index in [0.29, 0.717) is 6.04 Å². The van der Waals surface area contributed by atoms with Crippen LogP contribution in [-0.4, -0.2) is 11.9 Å².